The van der Waals surface area contributed by atoms with E-state index in [1.165, 1.54) is 5.56 Å². The Labute approximate surface area is 122 Å². The van der Waals surface area contributed by atoms with Crippen LogP contribution < -0.4 is 5.32 Å². The Morgan fingerprint density at radius 1 is 1.30 bits per heavy atom. The van der Waals surface area contributed by atoms with Crippen molar-refractivity contribution in [1.29, 1.82) is 0 Å². The Morgan fingerprint density at radius 2 is 2.10 bits per heavy atom. The molecule has 5 heteroatoms. The molecule has 0 fully saturated rings. The molecule has 1 aromatic carbocycles. The third-order valence-electron chi connectivity index (χ3n) is 2.50. The molecule has 4 nitrogen and oxygen atoms in total. The number of rotatable bonds is 5. The van der Waals surface area contributed by atoms with Gasteiger partial charge in [0.15, 0.2) is 0 Å². The van der Waals surface area contributed by atoms with Crippen molar-refractivity contribution in [3.8, 4) is 0 Å². The maximum absolute atomic E-state index is 11.3. The van der Waals surface area contributed by atoms with Crippen molar-refractivity contribution in [3.05, 3.63) is 54.4 Å². The monoisotopic (exact) mass is 288 g/mol. The van der Waals surface area contributed by atoms with Gasteiger partial charge in [-0.1, -0.05) is 6.07 Å². The fourth-order valence-corrected chi connectivity index (χ4v) is 2.40. The topological polar surface area (TPSA) is 51.2 Å². The fraction of sp³-hybridized carbons (Fsp3) is 0.200. The van der Waals surface area contributed by atoms with E-state index in [4.69, 9.17) is 4.74 Å². The van der Waals surface area contributed by atoms with Crippen molar-refractivity contribution < 1.29 is 9.53 Å². The molecule has 20 heavy (non-hydrogen) atoms. The van der Waals surface area contributed by atoms with E-state index in [1.54, 1.807) is 24.9 Å². The number of pyridine rings is 1. The number of nitrogens with zero attached hydrogens (tertiary/aromatic N) is 1. The van der Waals surface area contributed by atoms with Gasteiger partial charge in [0, 0.05) is 28.7 Å². The highest BCUT2D eigenvalue weighted by atomic mass is 32.2. The van der Waals surface area contributed by atoms with E-state index in [1.807, 2.05) is 36.5 Å². The Kier molecular flexibility index (Phi) is 5.43. The molecule has 104 valence electrons. The highest BCUT2D eigenvalue weighted by Crippen LogP contribution is 2.23. The van der Waals surface area contributed by atoms with E-state index >= 15 is 0 Å². The van der Waals surface area contributed by atoms with Crippen LogP contribution >= 0.6 is 11.8 Å². The van der Waals surface area contributed by atoms with Crippen molar-refractivity contribution in [2.24, 2.45) is 0 Å². The number of amides is 1. The first kappa shape index (κ1) is 14.4. The molecule has 1 heterocycles. The van der Waals surface area contributed by atoms with Crippen LogP contribution in [-0.4, -0.2) is 17.7 Å². The van der Waals surface area contributed by atoms with Gasteiger partial charge in [-0.05, 0) is 42.8 Å². The normalized spacial score (nSPS) is 10.1. The number of anilines is 1. The number of carbonyl (C=O) groups is 1. The van der Waals surface area contributed by atoms with E-state index in [2.05, 4.69) is 16.4 Å². The second kappa shape index (κ2) is 7.55. The molecule has 0 radical (unpaired) electrons. The molecule has 1 amide bonds. The summed E-state index contributed by atoms with van der Waals surface area (Å²) in [6.45, 7) is 2.14. The first-order valence-corrected chi connectivity index (χ1v) is 7.32. The molecule has 1 aromatic heterocycles. The number of hydrogen-bond acceptors (Lipinski definition) is 4. The fourth-order valence-electron chi connectivity index (χ4n) is 1.57. The average Bonchev–Trinajstić information content (AvgIpc) is 2.48. The molecule has 0 saturated heterocycles. The van der Waals surface area contributed by atoms with Crippen LogP contribution in [0.2, 0.25) is 0 Å². The molecule has 2 rings (SSSR count). The molecule has 0 aliphatic heterocycles. The molecule has 0 atom stereocenters. The van der Waals surface area contributed by atoms with Crippen LogP contribution in [0, 0.1) is 0 Å². The Balaban J connectivity index is 1.87. The zero-order chi connectivity index (χ0) is 14.2. The lowest BCUT2D eigenvalue weighted by Crippen LogP contribution is -2.12. The molecule has 0 spiro atoms. The summed E-state index contributed by atoms with van der Waals surface area (Å²) in [6, 6.07) is 11.7. The summed E-state index contributed by atoms with van der Waals surface area (Å²) in [7, 11) is 0. The highest BCUT2D eigenvalue weighted by Gasteiger charge is 2.02. The number of aromatic nitrogens is 1. The van der Waals surface area contributed by atoms with Gasteiger partial charge in [-0.15, -0.1) is 11.8 Å². The Morgan fingerprint density at radius 3 is 2.75 bits per heavy atom. The lowest BCUT2D eigenvalue weighted by Gasteiger charge is -2.06. The lowest BCUT2D eigenvalue weighted by atomic mass is 10.3. The Bertz CT molecular complexity index is 544. The third kappa shape index (κ3) is 4.59. The van der Waals surface area contributed by atoms with Crippen LogP contribution in [0.1, 0.15) is 12.5 Å². The molecule has 0 aliphatic rings. The van der Waals surface area contributed by atoms with Gasteiger partial charge in [0.1, 0.15) is 0 Å². The van der Waals surface area contributed by atoms with Crippen LogP contribution in [0.4, 0.5) is 10.5 Å². The zero-order valence-corrected chi connectivity index (χ0v) is 12.0. The smallest absolute Gasteiger partial charge is 0.411 e. The minimum absolute atomic E-state index is 0.366. The zero-order valence-electron chi connectivity index (χ0n) is 11.2. The summed E-state index contributed by atoms with van der Waals surface area (Å²) in [6.07, 6.45) is 3.21. The van der Waals surface area contributed by atoms with E-state index in [0.29, 0.717) is 6.61 Å². The minimum atomic E-state index is -0.428. The van der Waals surface area contributed by atoms with E-state index in [9.17, 15) is 4.79 Å². The van der Waals surface area contributed by atoms with E-state index in [-0.39, 0.29) is 0 Å². The van der Waals surface area contributed by atoms with Crippen LogP contribution in [0.5, 0.6) is 0 Å². The highest BCUT2D eigenvalue weighted by molar-refractivity contribution is 7.98. The predicted octanol–water partition coefficient (Wildman–Crippen LogP) is 3.94. The number of carbonyl (C=O) groups excluding carboxylic acids is 1. The van der Waals surface area contributed by atoms with Gasteiger partial charge >= 0.3 is 6.09 Å². The number of hydrogen-bond donors (Lipinski definition) is 1. The molecule has 0 unspecified atom stereocenters. The van der Waals surface area contributed by atoms with Crippen LogP contribution in [0.15, 0.2) is 53.7 Å². The molecule has 0 aliphatic carbocycles. The number of ether oxygens (including phenoxy) is 1. The lowest BCUT2D eigenvalue weighted by molar-refractivity contribution is 0.168. The summed E-state index contributed by atoms with van der Waals surface area (Å²) in [5.41, 5.74) is 1.92. The molecular formula is C15H16N2O2S. The summed E-state index contributed by atoms with van der Waals surface area (Å²) in [5.74, 6) is 0.874. The molecule has 1 N–H and O–H groups in total. The van der Waals surface area contributed by atoms with Gasteiger partial charge < -0.3 is 4.74 Å². The number of benzene rings is 1. The maximum Gasteiger partial charge on any atom is 0.411 e. The largest absolute Gasteiger partial charge is 0.450 e. The summed E-state index contributed by atoms with van der Waals surface area (Å²) in [5, 5.41) is 2.66. The quantitative estimate of drug-likeness (QED) is 0.847. The van der Waals surface area contributed by atoms with Gasteiger partial charge in [0.25, 0.3) is 0 Å². The van der Waals surface area contributed by atoms with Crippen LogP contribution in [0.25, 0.3) is 0 Å². The van der Waals surface area contributed by atoms with Crippen molar-refractivity contribution in [1.82, 2.24) is 4.98 Å². The molecule has 0 saturated carbocycles. The molecule has 0 bridgehead atoms. The first-order chi connectivity index (χ1) is 9.78. The van der Waals surface area contributed by atoms with Crippen molar-refractivity contribution >= 4 is 23.5 Å². The number of nitrogens with one attached hydrogen (secondary N) is 1. The van der Waals surface area contributed by atoms with Gasteiger partial charge in [-0.25, -0.2) is 4.79 Å². The standard InChI is InChI=1S/C15H16N2O2S/c1-2-19-15(18)17-13-5-7-14(8-6-13)20-11-12-4-3-9-16-10-12/h3-10H,2,11H2,1H3,(H,17,18). The van der Waals surface area contributed by atoms with Crippen molar-refractivity contribution in [2.75, 3.05) is 11.9 Å². The van der Waals surface area contributed by atoms with Crippen molar-refractivity contribution in [2.45, 2.75) is 17.6 Å². The second-order valence-corrected chi connectivity index (χ2v) is 5.07. The molecule has 2 aromatic rings. The van der Waals surface area contributed by atoms with Crippen LogP contribution in [-0.2, 0) is 10.5 Å². The maximum atomic E-state index is 11.3. The van der Waals surface area contributed by atoms with Gasteiger partial charge in [-0.2, -0.15) is 0 Å². The average molecular weight is 288 g/mol. The van der Waals surface area contributed by atoms with Gasteiger partial charge in [-0.3, -0.25) is 10.3 Å². The SMILES string of the molecule is CCOC(=O)Nc1ccc(SCc2cccnc2)cc1. The first-order valence-electron chi connectivity index (χ1n) is 6.33. The summed E-state index contributed by atoms with van der Waals surface area (Å²) >= 11 is 1.73. The molecular weight excluding hydrogens is 272 g/mol. The van der Waals surface area contributed by atoms with E-state index in [0.717, 1.165) is 16.3 Å². The minimum Gasteiger partial charge on any atom is -0.450 e. The Hall–Kier alpha value is -2.01. The second-order valence-electron chi connectivity index (χ2n) is 4.02. The van der Waals surface area contributed by atoms with Gasteiger partial charge in [0.05, 0.1) is 6.61 Å². The predicted molar refractivity (Wildman–Crippen MR) is 80.9 cm³/mol. The van der Waals surface area contributed by atoms with Gasteiger partial charge in [0.2, 0.25) is 0 Å². The number of thioether (sulfide) groups is 1. The summed E-state index contributed by atoms with van der Waals surface area (Å²) in [4.78, 5) is 16.5. The van der Waals surface area contributed by atoms with E-state index < -0.39 is 6.09 Å². The third-order valence-corrected chi connectivity index (χ3v) is 3.59. The van der Waals surface area contributed by atoms with Crippen molar-refractivity contribution in [3.63, 3.8) is 0 Å². The summed E-state index contributed by atoms with van der Waals surface area (Å²) < 4.78 is 4.82. The van der Waals surface area contributed by atoms with Crippen LogP contribution in [0.3, 0.4) is 0 Å².